The van der Waals surface area contributed by atoms with Crippen LogP contribution in [0, 0.1) is 6.92 Å². The van der Waals surface area contributed by atoms with Crippen molar-refractivity contribution >= 4 is 0 Å². The third-order valence-corrected chi connectivity index (χ3v) is 3.34. The highest BCUT2D eigenvalue weighted by Crippen LogP contribution is 2.13. The van der Waals surface area contributed by atoms with Gasteiger partial charge in [0.2, 0.25) is 0 Å². The Morgan fingerprint density at radius 2 is 1.53 bits per heavy atom. The van der Waals surface area contributed by atoms with Gasteiger partial charge in [0.1, 0.15) is 0 Å². The van der Waals surface area contributed by atoms with Gasteiger partial charge in [-0.25, -0.2) is 0 Å². The first-order valence-electron chi connectivity index (χ1n) is 7.23. The molecule has 0 aliphatic rings. The summed E-state index contributed by atoms with van der Waals surface area (Å²) >= 11 is 0. The molecule has 0 unspecified atom stereocenters. The Kier molecular flexibility index (Phi) is 6.91. The summed E-state index contributed by atoms with van der Waals surface area (Å²) in [5, 5.41) is 0. The quantitative estimate of drug-likeness (QED) is 0.585. The average Bonchev–Trinajstić information content (AvgIpc) is 2.32. The van der Waals surface area contributed by atoms with Crippen LogP contribution < -0.4 is 0 Å². The molecule has 0 N–H and O–H groups in total. The molecule has 1 aromatic heterocycles. The maximum Gasteiger partial charge on any atom is 0.0407 e. The summed E-state index contributed by atoms with van der Waals surface area (Å²) in [6.45, 7) is 6.65. The first-order chi connectivity index (χ1) is 8.27. The average molecular weight is 233 g/mol. The molecule has 1 rings (SSSR count). The predicted octanol–water partition coefficient (Wildman–Crippen LogP) is 4.86. The Labute approximate surface area is 107 Å². The molecule has 1 heterocycles. The summed E-state index contributed by atoms with van der Waals surface area (Å²) in [5.74, 6) is 0. The van der Waals surface area contributed by atoms with Gasteiger partial charge in [-0.3, -0.25) is 4.98 Å². The first-order valence-corrected chi connectivity index (χ1v) is 7.23. The Hall–Kier alpha value is -0.850. The Morgan fingerprint density at radius 1 is 0.882 bits per heavy atom. The second kappa shape index (κ2) is 8.27. The molecule has 0 spiro atoms. The third kappa shape index (κ3) is 5.34. The number of unbranched alkanes of at least 4 members (excludes halogenated alkanes) is 4. The Morgan fingerprint density at radius 3 is 2.12 bits per heavy atom. The minimum atomic E-state index is 1.14. The van der Waals surface area contributed by atoms with Crippen LogP contribution in [0.25, 0.3) is 0 Å². The van der Waals surface area contributed by atoms with Crippen molar-refractivity contribution in [2.24, 2.45) is 0 Å². The minimum Gasteiger partial charge on any atom is -0.258 e. The molecule has 17 heavy (non-hydrogen) atoms. The van der Waals surface area contributed by atoms with E-state index < -0.39 is 0 Å². The monoisotopic (exact) mass is 233 g/mol. The van der Waals surface area contributed by atoms with E-state index in [0.717, 1.165) is 6.42 Å². The van der Waals surface area contributed by atoms with E-state index in [1.807, 2.05) is 0 Å². The lowest BCUT2D eigenvalue weighted by Gasteiger charge is -2.07. The molecule has 1 aromatic rings. The van der Waals surface area contributed by atoms with E-state index in [0.29, 0.717) is 0 Å². The number of pyridine rings is 1. The van der Waals surface area contributed by atoms with Crippen molar-refractivity contribution in [2.75, 3.05) is 0 Å². The van der Waals surface area contributed by atoms with Crippen LogP contribution in [0.3, 0.4) is 0 Å². The molecule has 96 valence electrons. The SMILES string of the molecule is CCCCCc1ccc(CCCCC)c(C)n1. The fourth-order valence-electron chi connectivity index (χ4n) is 2.17. The summed E-state index contributed by atoms with van der Waals surface area (Å²) < 4.78 is 0. The van der Waals surface area contributed by atoms with Crippen molar-refractivity contribution in [1.82, 2.24) is 4.98 Å². The lowest BCUT2D eigenvalue weighted by molar-refractivity contribution is 0.698. The molecule has 0 atom stereocenters. The van der Waals surface area contributed by atoms with Crippen LogP contribution in [0.5, 0.6) is 0 Å². The van der Waals surface area contributed by atoms with Crippen molar-refractivity contribution in [3.8, 4) is 0 Å². The van der Waals surface area contributed by atoms with Crippen LogP contribution in [0.1, 0.15) is 69.3 Å². The smallest absolute Gasteiger partial charge is 0.0407 e. The largest absolute Gasteiger partial charge is 0.258 e. The maximum absolute atomic E-state index is 4.72. The summed E-state index contributed by atoms with van der Waals surface area (Å²) in [6.07, 6.45) is 10.1. The van der Waals surface area contributed by atoms with Gasteiger partial charge in [-0.1, -0.05) is 45.6 Å². The number of rotatable bonds is 8. The topological polar surface area (TPSA) is 12.9 Å². The zero-order valence-corrected chi connectivity index (χ0v) is 11.8. The van der Waals surface area contributed by atoms with Gasteiger partial charge in [-0.05, 0) is 44.2 Å². The van der Waals surface area contributed by atoms with Gasteiger partial charge in [0, 0.05) is 11.4 Å². The minimum absolute atomic E-state index is 1.14. The van der Waals surface area contributed by atoms with Gasteiger partial charge in [0.05, 0.1) is 0 Å². The Bertz CT molecular complexity index is 317. The van der Waals surface area contributed by atoms with Gasteiger partial charge in [0.15, 0.2) is 0 Å². The van der Waals surface area contributed by atoms with E-state index in [2.05, 4.69) is 32.9 Å². The standard InChI is InChI=1S/C16H27N/c1-4-6-8-10-15-12-13-16(17-14(15)3)11-9-7-5-2/h12-13H,4-11H2,1-3H3. The van der Waals surface area contributed by atoms with Gasteiger partial charge >= 0.3 is 0 Å². The van der Waals surface area contributed by atoms with Crippen molar-refractivity contribution in [2.45, 2.75) is 72.1 Å². The second-order valence-corrected chi connectivity index (χ2v) is 4.96. The molecule has 0 amide bonds. The number of nitrogens with zero attached hydrogens (tertiary/aromatic N) is 1. The summed E-state index contributed by atoms with van der Waals surface area (Å²) in [5.41, 5.74) is 3.96. The molecule has 0 saturated heterocycles. The van der Waals surface area contributed by atoms with Crippen LogP contribution in [-0.2, 0) is 12.8 Å². The van der Waals surface area contributed by atoms with Crippen LogP contribution in [0.15, 0.2) is 12.1 Å². The van der Waals surface area contributed by atoms with Crippen molar-refractivity contribution in [3.63, 3.8) is 0 Å². The van der Waals surface area contributed by atoms with Crippen LogP contribution in [0.2, 0.25) is 0 Å². The van der Waals surface area contributed by atoms with E-state index in [4.69, 9.17) is 4.98 Å². The first kappa shape index (κ1) is 14.2. The molecule has 0 radical (unpaired) electrons. The molecule has 0 saturated carbocycles. The molecular weight excluding hydrogens is 206 g/mol. The van der Waals surface area contributed by atoms with E-state index >= 15 is 0 Å². The normalized spacial score (nSPS) is 10.8. The van der Waals surface area contributed by atoms with E-state index in [1.165, 1.54) is 61.9 Å². The van der Waals surface area contributed by atoms with Gasteiger partial charge in [-0.2, -0.15) is 0 Å². The van der Waals surface area contributed by atoms with Crippen molar-refractivity contribution in [1.29, 1.82) is 0 Å². The molecular formula is C16H27N. The predicted molar refractivity (Wildman–Crippen MR) is 75.4 cm³/mol. The number of hydrogen-bond acceptors (Lipinski definition) is 1. The van der Waals surface area contributed by atoms with Crippen molar-refractivity contribution in [3.05, 3.63) is 29.1 Å². The third-order valence-electron chi connectivity index (χ3n) is 3.34. The van der Waals surface area contributed by atoms with Crippen molar-refractivity contribution < 1.29 is 0 Å². The van der Waals surface area contributed by atoms with Gasteiger partial charge in [0.25, 0.3) is 0 Å². The molecule has 0 aliphatic carbocycles. The van der Waals surface area contributed by atoms with E-state index in [-0.39, 0.29) is 0 Å². The van der Waals surface area contributed by atoms with Crippen LogP contribution in [-0.4, -0.2) is 4.98 Å². The highest BCUT2D eigenvalue weighted by Gasteiger charge is 2.01. The van der Waals surface area contributed by atoms with E-state index in [9.17, 15) is 0 Å². The number of aryl methyl sites for hydroxylation is 3. The number of hydrogen-bond donors (Lipinski definition) is 0. The van der Waals surface area contributed by atoms with Gasteiger partial charge in [-0.15, -0.1) is 0 Å². The lowest BCUT2D eigenvalue weighted by atomic mass is 10.0. The summed E-state index contributed by atoms with van der Waals surface area (Å²) in [6, 6.07) is 4.52. The summed E-state index contributed by atoms with van der Waals surface area (Å²) in [7, 11) is 0. The molecule has 1 heteroatoms. The molecule has 0 bridgehead atoms. The maximum atomic E-state index is 4.72. The lowest BCUT2D eigenvalue weighted by Crippen LogP contribution is -1.98. The second-order valence-electron chi connectivity index (χ2n) is 4.96. The molecule has 1 nitrogen and oxygen atoms in total. The highest BCUT2D eigenvalue weighted by atomic mass is 14.7. The van der Waals surface area contributed by atoms with E-state index in [1.54, 1.807) is 0 Å². The molecule has 0 aliphatic heterocycles. The zero-order chi connectivity index (χ0) is 12.5. The molecule has 0 fully saturated rings. The Balaban J connectivity index is 2.47. The van der Waals surface area contributed by atoms with Gasteiger partial charge < -0.3 is 0 Å². The molecule has 0 aromatic carbocycles. The number of aromatic nitrogens is 1. The fourth-order valence-corrected chi connectivity index (χ4v) is 2.17. The highest BCUT2D eigenvalue weighted by molar-refractivity contribution is 5.22. The van der Waals surface area contributed by atoms with Crippen LogP contribution >= 0.6 is 0 Å². The van der Waals surface area contributed by atoms with Crippen LogP contribution in [0.4, 0.5) is 0 Å². The summed E-state index contributed by atoms with van der Waals surface area (Å²) in [4.78, 5) is 4.72. The fraction of sp³-hybridized carbons (Fsp3) is 0.688. The zero-order valence-electron chi connectivity index (χ0n) is 11.8.